The Bertz CT molecular complexity index is 244. The highest BCUT2D eigenvalue weighted by Crippen LogP contribution is 2.28. The Hall–Kier alpha value is 0.276. The summed E-state index contributed by atoms with van der Waals surface area (Å²) in [4.78, 5) is 0. The molecule has 0 spiro atoms. The van der Waals surface area contributed by atoms with Gasteiger partial charge in [0, 0.05) is 0 Å². The molecule has 0 amide bonds. The molecule has 13 heavy (non-hydrogen) atoms. The van der Waals surface area contributed by atoms with Crippen molar-refractivity contribution < 1.29 is 0 Å². The lowest BCUT2D eigenvalue weighted by Crippen LogP contribution is -2.16. The van der Waals surface area contributed by atoms with Crippen molar-refractivity contribution in [1.82, 2.24) is 0 Å². The molecule has 0 fully saturated rings. The highest BCUT2D eigenvalue weighted by molar-refractivity contribution is 6.93. The Labute approximate surface area is 94.2 Å². The number of rotatable bonds is 4. The van der Waals surface area contributed by atoms with Crippen LogP contribution < -0.4 is 0 Å². The molecular formula is C11H15ClMg. The normalized spacial score (nSPS) is 11.0. The summed E-state index contributed by atoms with van der Waals surface area (Å²) in [6, 6.07) is 10.7. The third-order valence-corrected chi connectivity index (χ3v) is 3.91. The fourth-order valence-electron chi connectivity index (χ4n) is 1.54. The van der Waals surface area contributed by atoms with E-state index in [9.17, 15) is 0 Å². The lowest BCUT2D eigenvalue weighted by molar-refractivity contribution is 0.506. The van der Waals surface area contributed by atoms with Gasteiger partial charge < -0.3 is 9.07 Å². The third kappa shape index (κ3) is 3.49. The predicted molar refractivity (Wildman–Crippen MR) is 60.5 cm³/mol. The minimum absolute atomic E-state index is 0.295. The Kier molecular flexibility index (Phi) is 4.57. The Morgan fingerprint density at radius 3 is 2.38 bits per heavy atom. The van der Waals surface area contributed by atoms with E-state index in [1.54, 1.807) is 0 Å². The molecule has 0 aliphatic heterocycles. The second-order valence-electron chi connectivity index (χ2n) is 4.04. The zero-order valence-corrected chi connectivity index (χ0v) is 10.6. The van der Waals surface area contributed by atoms with E-state index in [2.05, 4.69) is 44.2 Å². The van der Waals surface area contributed by atoms with Gasteiger partial charge in [-0.3, -0.25) is 0 Å². The van der Waals surface area contributed by atoms with Crippen molar-refractivity contribution >= 4 is 28.3 Å². The monoisotopic (exact) mass is 206 g/mol. The summed E-state index contributed by atoms with van der Waals surface area (Å²) in [6.07, 6.45) is 1.22. The molecule has 2 heteroatoms. The molecule has 0 saturated carbocycles. The molecule has 0 aliphatic rings. The van der Waals surface area contributed by atoms with E-state index in [-0.39, 0.29) is 19.3 Å². The predicted octanol–water partition coefficient (Wildman–Crippen LogP) is 3.63. The van der Waals surface area contributed by atoms with E-state index >= 15 is 0 Å². The van der Waals surface area contributed by atoms with Crippen molar-refractivity contribution in [3.63, 3.8) is 0 Å². The van der Waals surface area contributed by atoms with Gasteiger partial charge in [-0.25, -0.2) is 0 Å². The van der Waals surface area contributed by atoms with Gasteiger partial charge in [-0.15, -0.1) is 4.55 Å². The zero-order chi connectivity index (χ0) is 9.73. The molecule has 0 N–H and O–H groups in total. The topological polar surface area (TPSA) is 0 Å². The number of hydrogen-bond acceptors (Lipinski definition) is 0. The van der Waals surface area contributed by atoms with Crippen LogP contribution in [0.1, 0.15) is 25.8 Å². The van der Waals surface area contributed by atoms with Gasteiger partial charge >= 0.3 is 19.3 Å². The van der Waals surface area contributed by atoms with E-state index < -0.39 is 0 Å². The molecule has 0 saturated heterocycles. The molecule has 1 aromatic carbocycles. The molecule has 0 bridgehead atoms. The quantitative estimate of drug-likeness (QED) is 0.661. The highest BCUT2D eigenvalue weighted by Gasteiger charge is 2.19. The fourth-order valence-corrected chi connectivity index (χ4v) is 2.96. The van der Waals surface area contributed by atoms with Crippen LogP contribution in [0.5, 0.6) is 0 Å². The molecule has 0 aliphatic carbocycles. The first-order chi connectivity index (χ1) is 6.17. The van der Waals surface area contributed by atoms with Crippen LogP contribution in [0.4, 0.5) is 0 Å². The minimum Gasteiger partial charge on any atom is -0.346 e. The van der Waals surface area contributed by atoms with E-state index in [1.165, 1.54) is 16.5 Å². The van der Waals surface area contributed by atoms with E-state index in [4.69, 9.17) is 9.07 Å². The maximum atomic E-state index is 5.83. The standard InChI is InChI=1S/C11H15.ClH.Mg/c1-4-11(2,3)10-8-6-5-7-9-10;;/h5-9H,1,4H2,2-3H3;1H;/q;;+1/p-1. The van der Waals surface area contributed by atoms with Crippen LogP contribution in [0.2, 0.25) is 4.55 Å². The van der Waals surface area contributed by atoms with Crippen LogP contribution in [0.15, 0.2) is 30.3 Å². The van der Waals surface area contributed by atoms with Gasteiger partial charge in [-0.2, -0.15) is 0 Å². The molecule has 0 atom stereocenters. The summed E-state index contributed by atoms with van der Waals surface area (Å²) >= 11 is -0.298. The molecular weight excluding hydrogens is 192 g/mol. The van der Waals surface area contributed by atoms with Crippen molar-refractivity contribution in [2.45, 2.75) is 30.2 Å². The molecule has 0 nitrogen and oxygen atoms in total. The first-order valence-electron chi connectivity index (χ1n) is 4.78. The van der Waals surface area contributed by atoms with Gasteiger partial charge in [0.1, 0.15) is 0 Å². The van der Waals surface area contributed by atoms with Gasteiger partial charge in [0.25, 0.3) is 0 Å². The van der Waals surface area contributed by atoms with Crippen molar-refractivity contribution in [3.05, 3.63) is 35.9 Å². The van der Waals surface area contributed by atoms with Crippen LogP contribution in [-0.2, 0) is 5.41 Å². The largest absolute Gasteiger partial charge is 0.501 e. The first kappa shape index (κ1) is 11.4. The third-order valence-electron chi connectivity index (χ3n) is 2.49. The van der Waals surface area contributed by atoms with Crippen molar-refractivity contribution in [3.8, 4) is 0 Å². The second-order valence-corrected chi connectivity index (χ2v) is 6.26. The summed E-state index contributed by atoms with van der Waals surface area (Å²) in [5.41, 5.74) is 1.72. The first-order valence-corrected chi connectivity index (χ1v) is 7.92. The van der Waals surface area contributed by atoms with Crippen LogP contribution in [0.3, 0.4) is 0 Å². The Balaban J connectivity index is 2.69. The zero-order valence-electron chi connectivity index (χ0n) is 8.39. The average molecular weight is 207 g/mol. The fraction of sp³-hybridized carbons (Fsp3) is 0.455. The Morgan fingerprint density at radius 1 is 1.23 bits per heavy atom. The average Bonchev–Trinajstić information content (AvgIpc) is 2.16. The van der Waals surface area contributed by atoms with Gasteiger partial charge in [0.15, 0.2) is 0 Å². The number of benzene rings is 1. The lowest BCUT2D eigenvalue weighted by atomic mass is 9.82. The highest BCUT2D eigenvalue weighted by atomic mass is 35.5. The van der Waals surface area contributed by atoms with Gasteiger partial charge in [-0.1, -0.05) is 50.6 Å². The lowest BCUT2D eigenvalue weighted by Gasteiger charge is -2.25. The van der Waals surface area contributed by atoms with Gasteiger partial charge in [0.05, 0.1) is 0 Å². The molecule has 68 valence electrons. The molecule has 1 rings (SSSR count). The molecule has 0 aromatic heterocycles. The minimum atomic E-state index is -0.298. The summed E-state index contributed by atoms with van der Waals surface area (Å²) in [7, 11) is 5.83. The van der Waals surface area contributed by atoms with E-state index in [0.717, 1.165) is 0 Å². The molecule has 0 unspecified atom stereocenters. The smallest absolute Gasteiger partial charge is 0.346 e. The van der Waals surface area contributed by atoms with Crippen molar-refractivity contribution in [2.24, 2.45) is 0 Å². The van der Waals surface area contributed by atoms with Gasteiger partial charge in [0.2, 0.25) is 0 Å². The SMILES string of the molecule is CC(C)(C[CH2][Mg][Cl])c1ccccc1. The summed E-state index contributed by atoms with van der Waals surface area (Å²) in [5, 5.41) is 0. The number of hydrogen-bond donors (Lipinski definition) is 0. The molecule has 1 aromatic rings. The van der Waals surface area contributed by atoms with Crippen molar-refractivity contribution in [1.29, 1.82) is 0 Å². The summed E-state index contributed by atoms with van der Waals surface area (Å²) in [5.74, 6) is 0. The number of halogens is 1. The van der Waals surface area contributed by atoms with E-state index in [0.29, 0.717) is 5.41 Å². The van der Waals surface area contributed by atoms with Crippen LogP contribution >= 0.6 is 9.07 Å². The molecule has 0 radical (unpaired) electrons. The summed E-state index contributed by atoms with van der Waals surface area (Å²) in [6.45, 7) is 4.59. The summed E-state index contributed by atoms with van der Waals surface area (Å²) < 4.78 is 1.23. The van der Waals surface area contributed by atoms with Crippen molar-refractivity contribution in [2.75, 3.05) is 0 Å². The van der Waals surface area contributed by atoms with Crippen LogP contribution in [0, 0.1) is 0 Å². The second kappa shape index (κ2) is 5.23. The maximum absolute atomic E-state index is 5.83. The van der Waals surface area contributed by atoms with Crippen LogP contribution in [0.25, 0.3) is 0 Å². The van der Waals surface area contributed by atoms with Crippen LogP contribution in [-0.4, -0.2) is 19.3 Å². The maximum Gasteiger partial charge on any atom is 0.501 e. The van der Waals surface area contributed by atoms with E-state index in [1.807, 2.05) is 0 Å². The Morgan fingerprint density at radius 2 is 1.85 bits per heavy atom. The van der Waals surface area contributed by atoms with Gasteiger partial charge in [-0.05, 0) is 11.0 Å². The molecule has 0 heterocycles.